The van der Waals surface area contributed by atoms with Crippen molar-refractivity contribution in [2.45, 2.75) is 31.8 Å². The molecule has 8 heteroatoms. The predicted octanol–water partition coefficient (Wildman–Crippen LogP) is 2.71. The molecule has 6 nitrogen and oxygen atoms in total. The molecule has 2 aromatic rings. The zero-order chi connectivity index (χ0) is 16.8. The highest BCUT2D eigenvalue weighted by atomic mass is 79.9. The van der Waals surface area contributed by atoms with Crippen molar-refractivity contribution >= 4 is 44.5 Å². The minimum absolute atomic E-state index is 0.182. The number of carbonyl (C=O) groups is 1. The largest absolute Gasteiger partial charge is 0.340 e. The molecule has 0 aromatic carbocycles. The van der Waals surface area contributed by atoms with E-state index in [-0.39, 0.29) is 5.91 Å². The number of nitrogens with zero attached hydrogens (tertiary/aromatic N) is 5. The van der Waals surface area contributed by atoms with Crippen molar-refractivity contribution in [2.24, 2.45) is 0 Å². The van der Waals surface area contributed by atoms with E-state index in [4.69, 9.17) is 11.6 Å². The molecule has 1 saturated carbocycles. The van der Waals surface area contributed by atoms with Gasteiger partial charge in [-0.2, -0.15) is 0 Å². The molecule has 0 bridgehead atoms. The first-order valence-electron chi connectivity index (χ1n) is 8.20. The van der Waals surface area contributed by atoms with Crippen LogP contribution in [-0.4, -0.2) is 62.5 Å². The maximum Gasteiger partial charge on any atom is 0.219 e. The lowest BCUT2D eigenvalue weighted by atomic mass is 9.85. The van der Waals surface area contributed by atoms with E-state index >= 15 is 0 Å². The molecule has 1 amide bonds. The first kappa shape index (κ1) is 16.3. The number of rotatable bonds is 2. The summed E-state index contributed by atoms with van der Waals surface area (Å²) in [5.41, 5.74) is 0.895. The SMILES string of the molecule is CC(=O)N1CCN(C2CC(n3cc(Br)c4c(Cl)ncnc43)C2)CC1. The van der Waals surface area contributed by atoms with Gasteiger partial charge in [0.2, 0.25) is 5.91 Å². The second kappa shape index (κ2) is 6.28. The lowest BCUT2D eigenvalue weighted by Crippen LogP contribution is -2.54. The molecule has 128 valence electrons. The highest BCUT2D eigenvalue weighted by Crippen LogP contribution is 2.40. The molecular weight excluding hydrogens is 394 g/mol. The zero-order valence-corrected chi connectivity index (χ0v) is 15.8. The number of halogens is 2. The van der Waals surface area contributed by atoms with Crippen LogP contribution >= 0.6 is 27.5 Å². The van der Waals surface area contributed by atoms with Crippen LogP contribution in [0.3, 0.4) is 0 Å². The number of carbonyl (C=O) groups excluding carboxylic acids is 1. The molecule has 2 fully saturated rings. The molecule has 0 spiro atoms. The predicted molar refractivity (Wildman–Crippen MR) is 96.1 cm³/mol. The van der Waals surface area contributed by atoms with Crippen LogP contribution in [0.5, 0.6) is 0 Å². The fourth-order valence-electron chi connectivity index (χ4n) is 3.77. The maximum atomic E-state index is 11.4. The Morgan fingerprint density at radius 3 is 2.58 bits per heavy atom. The summed E-state index contributed by atoms with van der Waals surface area (Å²) in [7, 11) is 0. The van der Waals surface area contributed by atoms with Gasteiger partial charge in [-0.1, -0.05) is 11.6 Å². The molecule has 2 aromatic heterocycles. The van der Waals surface area contributed by atoms with Crippen LogP contribution < -0.4 is 0 Å². The van der Waals surface area contributed by atoms with Gasteiger partial charge in [-0.25, -0.2) is 9.97 Å². The van der Waals surface area contributed by atoms with Crippen molar-refractivity contribution in [2.75, 3.05) is 26.2 Å². The normalized spacial score (nSPS) is 25.0. The third-order valence-electron chi connectivity index (χ3n) is 5.27. The first-order valence-corrected chi connectivity index (χ1v) is 9.38. The van der Waals surface area contributed by atoms with Gasteiger partial charge >= 0.3 is 0 Å². The van der Waals surface area contributed by atoms with Gasteiger partial charge in [0, 0.05) is 55.9 Å². The van der Waals surface area contributed by atoms with E-state index in [9.17, 15) is 4.79 Å². The van der Waals surface area contributed by atoms with Gasteiger partial charge in [0.15, 0.2) is 0 Å². The highest BCUT2D eigenvalue weighted by Gasteiger charge is 2.37. The summed E-state index contributed by atoms with van der Waals surface area (Å²) in [6, 6.07) is 1.04. The maximum absolute atomic E-state index is 11.4. The Balaban J connectivity index is 1.43. The lowest BCUT2D eigenvalue weighted by Gasteiger charge is -2.46. The molecule has 0 radical (unpaired) electrons. The standard InChI is InChI=1S/C16H19BrClN5O/c1-10(24)21-2-4-22(5-3-21)11-6-12(7-11)23-8-13(17)14-15(18)19-9-20-16(14)23/h8-9,11-12H,2-7H2,1H3. The smallest absolute Gasteiger partial charge is 0.219 e. The van der Waals surface area contributed by atoms with Gasteiger partial charge in [-0.05, 0) is 28.8 Å². The Morgan fingerprint density at radius 2 is 1.92 bits per heavy atom. The topological polar surface area (TPSA) is 54.3 Å². The van der Waals surface area contributed by atoms with Gasteiger partial charge < -0.3 is 9.47 Å². The molecule has 0 atom stereocenters. The van der Waals surface area contributed by atoms with Crippen LogP contribution in [-0.2, 0) is 4.79 Å². The average Bonchev–Trinajstić information content (AvgIpc) is 2.85. The van der Waals surface area contributed by atoms with E-state index < -0.39 is 0 Å². The van der Waals surface area contributed by atoms with Crippen LogP contribution in [0.4, 0.5) is 0 Å². The number of piperazine rings is 1. The quantitative estimate of drug-likeness (QED) is 0.712. The average molecular weight is 413 g/mol. The van der Waals surface area contributed by atoms with E-state index in [0.29, 0.717) is 17.2 Å². The summed E-state index contributed by atoms with van der Waals surface area (Å²) in [6.07, 6.45) is 5.81. The van der Waals surface area contributed by atoms with Crippen molar-refractivity contribution in [1.82, 2.24) is 24.3 Å². The van der Waals surface area contributed by atoms with Crippen molar-refractivity contribution in [3.63, 3.8) is 0 Å². The highest BCUT2D eigenvalue weighted by molar-refractivity contribution is 9.10. The molecule has 0 unspecified atom stereocenters. The zero-order valence-electron chi connectivity index (χ0n) is 13.5. The van der Waals surface area contributed by atoms with Crippen molar-refractivity contribution in [3.8, 4) is 0 Å². The van der Waals surface area contributed by atoms with Crippen LogP contribution in [0.15, 0.2) is 17.0 Å². The molecule has 4 rings (SSSR count). The van der Waals surface area contributed by atoms with Crippen LogP contribution in [0.1, 0.15) is 25.8 Å². The van der Waals surface area contributed by atoms with E-state index in [1.54, 1.807) is 6.92 Å². The minimum atomic E-state index is 0.182. The Hall–Kier alpha value is -1.18. The Bertz CT molecular complexity index is 780. The molecular formula is C16H19BrClN5O. The number of hydrogen-bond donors (Lipinski definition) is 0. The summed E-state index contributed by atoms with van der Waals surface area (Å²) in [5, 5.41) is 1.37. The fraction of sp³-hybridized carbons (Fsp3) is 0.562. The Labute approximate surface area is 153 Å². The van der Waals surface area contributed by atoms with E-state index in [1.165, 1.54) is 6.33 Å². The van der Waals surface area contributed by atoms with Crippen molar-refractivity contribution in [1.29, 1.82) is 0 Å². The molecule has 3 heterocycles. The molecule has 0 N–H and O–H groups in total. The molecule has 1 aliphatic heterocycles. The van der Waals surface area contributed by atoms with Gasteiger partial charge in [0.1, 0.15) is 17.1 Å². The van der Waals surface area contributed by atoms with Gasteiger partial charge in [0.05, 0.1) is 5.39 Å². The summed E-state index contributed by atoms with van der Waals surface area (Å²) in [6.45, 7) is 5.29. The van der Waals surface area contributed by atoms with E-state index in [2.05, 4.69) is 41.6 Å². The molecule has 1 aliphatic carbocycles. The van der Waals surface area contributed by atoms with Gasteiger partial charge in [-0.3, -0.25) is 9.69 Å². The van der Waals surface area contributed by atoms with Crippen LogP contribution in [0.2, 0.25) is 5.15 Å². The van der Waals surface area contributed by atoms with Gasteiger partial charge in [-0.15, -0.1) is 0 Å². The lowest BCUT2D eigenvalue weighted by molar-refractivity contribution is -0.131. The van der Waals surface area contributed by atoms with E-state index in [0.717, 1.165) is 54.5 Å². The second-order valence-corrected chi connectivity index (χ2v) is 7.78. The summed E-state index contributed by atoms with van der Waals surface area (Å²) in [4.78, 5) is 24.3. The third kappa shape index (κ3) is 2.72. The summed E-state index contributed by atoms with van der Waals surface area (Å²) >= 11 is 9.77. The van der Waals surface area contributed by atoms with E-state index in [1.807, 2.05) is 4.90 Å². The van der Waals surface area contributed by atoms with Gasteiger partial charge in [0.25, 0.3) is 0 Å². The monoisotopic (exact) mass is 411 g/mol. The number of aromatic nitrogens is 3. The minimum Gasteiger partial charge on any atom is -0.340 e. The summed E-state index contributed by atoms with van der Waals surface area (Å²) < 4.78 is 3.16. The molecule has 1 saturated heterocycles. The first-order chi connectivity index (χ1) is 11.5. The number of amides is 1. The van der Waals surface area contributed by atoms with Crippen molar-refractivity contribution < 1.29 is 4.79 Å². The van der Waals surface area contributed by atoms with Crippen LogP contribution in [0, 0.1) is 0 Å². The molecule has 2 aliphatic rings. The fourth-order valence-corrected chi connectivity index (χ4v) is 4.70. The number of fused-ring (bicyclic) bond motifs is 1. The Kier molecular flexibility index (Phi) is 4.26. The Morgan fingerprint density at radius 1 is 1.21 bits per heavy atom. The number of hydrogen-bond acceptors (Lipinski definition) is 4. The van der Waals surface area contributed by atoms with Crippen molar-refractivity contribution in [3.05, 3.63) is 22.1 Å². The summed E-state index contributed by atoms with van der Waals surface area (Å²) in [5.74, 6) is 0.182. The second-order valence-electron chi connectivity index (χ2n) is 6.57. The molecule has 24 heavy (non-hydrogen) atoms. The third-order valence-corrected chi connectivity index (χ3v) is 6.16. The van der Waals surface area contributed by atoms with Crippen LogP contribution in [0.25, 0.3) is 11.0 Å².